The Morgan fingerprint density at radius 3 is 2.52 bits per heavy atom. The molecule has 1 amide bonds. The Bertz CT molecular complexity index is 940. The molecule has 144 valence electrons. The maximum absolute atomic E-state index is 13.3. The number of benzene rings is 2. The SMILES string of the molecule is COc1ccc(C(=O)Nc2cccc(F)c2)cc1S(=O)(=O)N1CCCCC1. The van der Waals surface area contributed by atoms with Crippen LogP contribution in [0.1, 0.15) is 29.6 Å². The Morgan fingerprint density at radius 1 is 1.11 bits per heavy atom. The van der Waals surface area contributed by atoms with Crippen molar-refractivity contribution in [2.75, 3.05) is 25.5 Å². The van der Waals surface area contributed by atoms with E-state index in [1.165, 1.54) is 47.8 Å². The summed E-state index contributed by atoms with van der Waals surface area (Å²) in [4.78, 5) is 12.5. The Labute approximate surface area is 158 Å². The molecule has 0 radical (unpaired) electrons. The van der Waals surface area contributed by atoms with E-state index < -0.39 is 21.7 Å². The van der Waals surface area contributed by atoms with Crippen molar-refractivity contribution >= 4 is 21.6 Å². The van der Waals surface area contributed by atoms with Crippen LogP contribution in [0.5, 0.6) is 5.75 Å². The number of halogens is 1. The fourth-order valence-corrected chi connectivity index (χ4v) is 4.73. The van der Waals surface area contributed by atoms with Gasteiger partial charge in [-0.05, 0) is 49.2 Å². The number of nitrogens with one attached hydrogen (secondary N) is 1. The van der Waals surface area contributed by atoms with Gasteiger partial charge in [-0.25, -0.2) is 12.8 Å². The molecule has 0 unspecified atom stereocenters. The third kappa shape index (κ3) is 4.28. The lowest BCUT2D eigenvalue weighted by molar-refractivity contribution is 0.102. The lowest BCUT2D eigenvalue weighted by Gasteiger charge is -2.26. The second-order valence-corrected chi connectivity index (χ2v) is 8.20. The first kappa shape index (κ1) is 19.3. The van der Waals surface area contributed by atoms with Gasteiger partial charge in [0.15, 0.2) is 0 Å². The minimum Gasteiger partial charge on any atom is -0.495 e. The van der Waals surface area contributed by atoms with Crippen LogP contribution < -0.4 is 10.1 Å². The highest BCUT2D eigenvalue weighted by Crippen LogP contribution is 2.30. The van der Waals surface area contributed by atoms with Crippen LogP contribution in [-0.2, 0) is 10.0 Å². The standard InChI is InChI=1S/C19H21FN2O4S/c1-26-17-9-8-14(19(23)21-16-7-5-6-15(20)13-16)12-18(17)27(24,25)22-10-3-2-4-11-22/h5-9,12-13H,2-4,10-11H2,1H3,(H,21,23). The molecular weight excluding hydrogens is 371 g/mol. The monoisotopic (exact) mass is 392 g/mol. The van der Waals surface area contributed by atoms with E-state index in [2.05, 4.69) is 5.32 Å². The minimum absolute atomic E-state index is 0.0428. The summed E-state index contributed by atoms with van der Waals surface area (Å²) in [6.07, 6.45) is 2.61. The molecule has 0 saturated carbocycles. The second-order valence-electron chi connectivity index (χ2n) is 6.29. The number of ether oxygens (including phenoxy) is 1. The first-order valence-electron chi connectivity index (χ1n) is 8.67. The van der Waals surface area contributed by atoms with Crippen molar-refractivity contribution in [2.24, 2.45) is 0 Å². The van der Waals surface area contributed by atoms with Gasteiger partial charge in [-0.3, -0.25) is 4.79 Å². The van der Waals surface area contributed by atoms with Crippen molar-refractivity contribution in [1.82, 2.24) is 4.31 Å². The van der Waals surface area contributed by atoms with E-state index in [1.54, 1.807) is 6.07 Å². The summed E-state index contributed by atoms with van der Waals surface area (Å²) >= 11 is 0. The van der Waals surface area contributed by atoms with E-state index in [1.807, 2.05) is 0 Å². The second kappa shape index (κ2) is 8.06. The first-order valence-corrected chi connectivity index (χ1v) is 10.1. The molecule has 1 saturated heterocycles. The van der Waals surface area contributed by atoms with Gasteiger partial charge >= 0.3 is 0 Å². The van der Waals surface area contributed by atoms with E-state index in [9.17, 15) is 17.6 Å². The molecular formula is C19H21FN2O4S. The van der Waals surface area contributed by atoms with E-state index >= 15 is 0 Å². The van der Waals surface area contributed by atoms with E-state index in [4.69, 9.17) is 4.74 Å². The molecule has 27 heavy (non-hydrogen) atoms. The van der Waals surface area contributed by atoms with Gasteiger partial charge in [-0.15, -0.1) is 0 Å². The Hall–Kier alpha value is -2.45. The zero-order valence-corrected chi connectivity index (χ0v) is 15.8. The fourth-order valence-electron chi connectivity index (χ4n) is 3.03. The fraction of sp³-hybridized carbons (Fsp3) is 0.316. The zero-order chi connectivity index (χ0) is 19.4. The summed E-state index contributed by atoms with van der Waals surface area (Å²) in [6, 6.07) is 9.72. The van der Waals surface area contributed by atoms with Gasteiger partial charge in [0.25, 0.3) is 5.91 Å². The normalized spacial score (nSPS) is 15.3. The maximum atomic E-state index is 13.3. The number of amides is 1. The summed E-state index contributed by atoms with van der Waals surface area (Å²) in [5.74, 6) is -0.822. The summed E-state index contributed by atoms with van der Waals surface area (Å²) in [5, 5.41) is 2.57. The van der Waals surface area contributed by atoms with Crippen molar-refractivity contribution in [3.8, 4) is 5.75 Å². The first-order chi connectivity index (χ1) is 12.9. The Balaban J connectivity index is 1.92. The lowest BCUT2D eigenvalue weighted by atomic mass is 10.2. The molecule has 2 aromatic carbocycles. The average Bonchev–Trinajstić information content (AvgIpc) is 2.68. The Kier molecular flexibility index (Phi) is 5.76. The smallest absolute Gasteiger partial charge is 0.255 e. The summed E-state index contributed by atoms with van der Waals surface area (Å²) in [6.45, 7) is 0.899. The van der Waals surface area contributed by atoms with Crippen molar-refractivity contribution in [3.05, 3.63) is 53.8 Å². The predicted octanol–water partition coefficient (Wildman–Crippen LogP) is 3.26. The number of hydrogen-bond acceptors (Lipinski definition) is 4. The quantitative estimate of drug-likeness (QED) is 0.847. The van der Waals surface area contributed by atoms with Crippen LogP contribution >= 0.6 is 0 Å². The number of rotatable bonds is 5. The molecule has 1 N–H and O–H groups in total. The van der Waals surface area contributed by atoms with Gasteiger partial charge in [0.1, 0.15) is 16.5 Å². The number of carbonyl (C=O) groups is 1. The summed E-state index contributed by atoms with van der Waals surface area (Å²) < 4.78 is 45.9. The molecule has 0 aromatic heterocycles. The molecule has 2 aromatic rings. The molecule has 0 atom stereocenters. The molecule has 0 spiro atoms. The van der Waals surface area contributed by atoms with Crippen LogP contribution in [0.3, 0.4) is 0 Å². The van der Waals surface area contributed by atoms with Crippen LogP contribution in [-0.4, -0.2) is 38.8 Å². The number of sulfonamides is 1. The van der Waals surface area contributed by atoms with Crippen molar-refractivity contribution < 1.29 is 22.3 Å². The van der Waals surface area contributed by atoms with Crippen LogP contribution in [0.25, 0.3) is 0 Å². The topological polar surface area (TPSA) is 75.7 Å². The molecule has 1 fully saturated rings. The van der Waals surface area contributed by atoms with Crippen molar-refractivity contribution in [1.29, 1.82) is 0 Å². The van der Waals surface area contributed by atoms with Gasteiger partial charge in [-0.1, -0.05) is 12.5 Å². The number of carbonyl (C=O) groups excluding carboxylic acids is 1. The predicted molar refractivity (Wildman–Crippen MR) is 100.0 cm³/mol. The van der Waals surface area contributed by atoms with Gasteiger partial charge in [-0.2, -0.15) is 4.31 Å². The van der Waals surface area contributed by atoms with E-state index in [-0.39, 0.29) is 21.9 Å². The third-order valence-corrected chi connectivity index (χ3v) is 6.36. The lowest BCUT2D eigenvalue weighted by Crippen LogP contribution is -2.35. The van der Waals surface area contributed by atoms with Crippen LogP contribution in [0.15, 0.2) is 47.4 Å². The van der Waals surface area contributed by atoms with E-state index in [0.29, 0.717) is 13.1 Å². The average molecular weight is 392 g/mol. The number of piperidine rings is 1. The molecule has 1 heterocycles. The molecule has 3 rings (SSSR count). The third-order valence-electron chi connectivity index (χ3n) is 4.44. The number of nitrogens with zero attached hydrogens (tertiary/aromatic N) is 1. The Morgan fingerprint density at radius 2 is 1.85 bits per heavy atom. The van der Waals surface area contributed by atoms with Crippen LogP contribution in [0.4, 0.5) is 10.1 Å². The van der Waals surface area contributed by atoms with Gasteiger partial charge < -0.3 is 10.1 Å². The maximum Gasteiger partial charge on any atom is 0.255 e. The summed E-state index contributed by atoms with van der Waals surface area (Å²) in [7, 11) is -2.39. The molecule has 1 aliphatic heterocycles. The van der Waals surface area contributed by atoms with Crippen LogP contribution in [0, 0.1) is 5.82 Å². The summed E-state index contributed by atoms with van der Waals surface area (Å²) in [5.41, 5.74) is 0.437. The van der Waals surface area contributed by atoms with Crippen LogP contribution in [0.2, 0.25) is 0 Å². The number of methoxy groups -OCH3 is 1. The molecule has 8 heteroatoms. The highest BCUT2D eigenvalue weighted by molar-refractivity contribution is 7.89. The van der Waals surface area contributed by atoms with Gasteiger partial charge in [0, 0.05) is 24.3 Å². The highest BCUT2D eigenvalue weighted by Gasteiger charge is 2.29. The number of anilines is 1. The minimum atomic E-state index is -3.77. The molecule has 6 nitrogen and oxygen atoms in total. The van der Waals surface area contributed by atoms with Gasteiger partial charge in [0.2, 0.25) is 10.0 Å². The van der Waals surface area contributed by atoms with Gasteiger partial charge in [0.05, 0.1) is 7.11 Å². The van der Waals surface area contributed by atoms with Crippen molar-refractivity contribution in [2.45, 2.75) is 24.2 Å². The zero-order valence-electron chi connectivity index (χ0n) is 14.9. The van der Waals surface area contributed by atoms with Crippen molar-refractivity contribution in [3.63, 3.8) is 0 Å². The molecule has 1 aliphatic rings. The largest absolute Gasteiger partial charge is 0.495 e. The van der Waals surface area contributed by atoms with E-state index in [0.717, 1.165) is 19.3 Å². The highest BCUT2D eigenvalue weighted by atomic mass is 32.2. The molecule has 0 aliphatic carbocycles. The molecule has 0 bridgehead atoms. The number of hydrogen-bond donors (Lipinski definition) is 1.